The van der Waals surface area contributed by atoms with Crippen LogP contribution in [0.4, 0.5) is 17.1 Å². The fraction of sp³-hybridized carbons (Fsp3) is 0. The van der Waals surface area contributed by atoms with Crippen molar-refractivity contribution in [3.05, 3.63) is 175 Å². The number of hydrogen-bond donors (Lipinski definition) is 0. The molecule has 6 aromatic rings. The van der Waals surface area contributed by atoms with Crippen LogP contribution in [0.2, 0.25) is 0 Å². The van der Waals surface area contributed by atoms with E-state index in [1.54, 1.807) is 0 Å². The average molecular weight is 592 g/mol. The van der Waals surface area contributed by atoms with E-state index >= 15 is 9.13 Å². The van der Waals surface area contributed by atoms with E-state index in [9.17, 15) is 0 Å². The van der Waals surface area contributed by atoms with Gasteiger partial charge in [0.25, 0.3) is 0 Å². The molecule has 6 aromatic carbocycles. The number of fused-ring (bicyclic) bond motifs is 4. The minimum Gasteiger partial charge on any atom is -0.310 e. The van der Waals surface area contributed by atoms with E-state index < -0.39 is 14.3 Å². The lowest BCUT2D eigenvalue weighted by molar-refractivity contribution is 0.592. The van der Waals surface area contributed by atoms with Crippen molar-refractivity contribution < 1.29 is 9.13 Å². The molecule has 43 heavy (non-hydrogen) atoms. The highest BCUT2D eigenvalue weighted by molar-refractivity contribution is 7.96. The van der Waals surface area contributed by atoms with Crippen molar-refractivity contribution in [3.63, 3.8) is 0 Å². The highest BCUT2D eigenvalue weighted by Gasteiger charge is 2.55. The fourth-order valence-corrected chi connectivity index (χ4v) is 13.9. The van der Waals surface area contributed by atoms with Crippen LogP contribution in [-0.2, 0) is 9.13 Å². The van der Waals surface area contributed by atoms with Crippen molar-refractivity contribution in [2.24, 2.45) is 0 Å². The van der Waals surface area contributed by atoms with Crippen molar-refractivity contribution >= 4 is 63.2 Å². The number of benzene rings is 6. The smallest absolute Gasteiger partial charge is 0.173 e. The Bertz CT molecular complexity index is 2090. The zero-order chi connectivity index (χ0) is 29.0. The van der Waals surface area contributed by atoms with Gasteiger partial charge >= 0.3 is 0 Å². The number of anilines is 3. The first-order valence-corrected chi connectivity index (χ1v) is 17.7. The summed E-state index contributed by atoms with van der Waals surface area (Å²) in [5, 5.41) is 4.47. The Morgan fingerprint density at radius 2 is 0.791 bits per heavy atom. The standard InChI is InChI=1S/C38H27NO2P2/c40-42(31-19-9-3-10-20-31)35-24-14-13-23-33(35)37-38(42)34-26-25-30(27-36(34)43(37,41)32-21-11-4-12-22-32)39(28-15-5-1-6-16-28)29-17-7-2-8-18-29/h1-27H. The number of para-hydroxylation sites is 2. The van der Waals surface area contributed by atoms with Crippen molar-refractivity contribution in [1.82, 2.24) is 0 Å². The summed E-state index contributed by atoms with van der Waals surface area (Å²) < 4.78 is 31.6. The number of nitrogens with zero attached hydrogens (tertiary/aromatic N) is 1. The highest BCUT2D eigenvalue weighted by atomic mass is 31.2. The molecule has 0 aliphatic carbocycles. The van der Waals surface area contributed by atoms with Crippen molar-refractivity contribution in [2.75, 3.05) is 4.90 Å². The Morgan fingerprint density at radius 1 is 0.372 bits per heavy atom. The van der Waals surface area contributed by atoms with Crippen LogP contribution in [0.5, 0.6) is 0 Å². The van der Waals surface area contributed by atoms with Crippen LogP contribution in [0.3, 0.4) is 0 Å². The van der Waals surface area contributed by atoms with Crippen LogP contribution < -0.4 is 26.1 Å². The molecule has 0 amide bonds. The summed E-state index contributed by atoms with van der Waals surface area (Å²) in [6.07, 6.45) is 0. The molecular weight excluding hydrogens is 564 g/mol. The molecule has 0 aromatic heterocycles. The van der Waals surface area contributed by atoms with Gasteiger partial charge in [0, 0.05) is 48.9 Å². The maximum absolute atomic E-state index is 16.0. The van der Waals surface area contributed by atoms with Gasteiger partial charge in [-0.15, -0.1) is 0 Å². The summed E-state index contributed by atoms with van der Waals surface area (Å²) in [4.78, 5) is 2.18. The molecule has 0 saturated carbocycles. The van der Waals surface area contributed by atoms with E-state index in [2.05, 4.69) is 41.3 Å². The molecule has 0 bridgehead atoms. The first-order chi connectivity index (χ1) is 21.1. The molecule has 2 heterocycles. The zero-order valence-corrected chi connectivity index (χ0v) is 25.0. The van der Waals surface area contributed by atoms with Crippen molar-refractivity contribution in [1.29, 1.82) is 0 Å². The maximum atomic E-state index is 16.0. The van der Waals surface area contributed by atoms with Gasteiger partial charge in [0.1, 0.15) is 0 Å². The third-order valence-corrected chi connectivity index (χ3v) is 15.0. The van der Waals surface area contributed by atoms with E-state index in [1.807, 2.05) is 127 Å². The van der Waals surface area contributed by atoms with Gasteiger partial charge in [-0.25, -0.2) is 0 Å². The number of rotatable bonds is 5. The molecule has 2 unspecified atom stereocenters. The SMILES string of the molecule is O=P1(c2ccccc2)C2=C(c3ccccc31)P(=O)(c1ccccc1)c1cc(N(c3ccccc3)c3ccccc3)ccc12. The van der Waals surface area contributed by atoms with Crippen LogP contribution in [0.15, 0.2) is 164 Å². The minimum absolute atomic E-state index is 0.722. The monoisotopic (exact) mass is 591 g/mol. The van der Waals surface area contributed by atoms with E-state index in [0.717, 1.165) is 60.0 Å². The molecule has 3 nitrogen and oxygen atoms in total. The second-order valence-electron chi connectivity index (χ2n) is 10.8. The number of hydrogen-bond acceptors (Lipinski definition) is 3. The Kier molecular flexibility index (Phi) is 6.02. The van der Waals surface area contributed by atoms with E-state index in [0.29, 0.717) is 0 Å². The van der Waals surface area contributed by atoms with E-state index in [-0.39, 0.29) is 0 Å². The fourth-order valence-electron chi connectivity index (χ4n) is 6.62. The molecule has 5 heteroatoms. The quantitative estimate of drug-likeness (QED) is 0.188. The summed E-state index contributed by atoms with van der Waals surface area (Å²) in [5.41, 5.74) is 4.55. The third-order valence-electron chi connectivity index (χ3n) is 8.45. The topological polar surface area (TPSA) is 37.4 Å². The van der Waals surface area contributed by atoms with Gasteiger partial charge < -0.3 is 14.0 Å². The van der Waals surface area contributed by atoms with Crippen molar-refractivity contribution in [2.45, 2.75) is 0 Å². The summed E-state index contributed by atoms with van der Waals surface area (Å²) in [5.74, 6) is 0. The molecule has 8 rings (SSSR count). The second-order valence-corrected chi connectivity index (χ2v) is 16.1. The van der Waals surface area contributed by atoms with Gasteiger partial charge in [0.2, 0.25) is 0 Å². The van der Waals surface area contributed by atoms with Crippen LogP contribution in [-0.4, -0.2) is 0 Å². The molecule has 0 saturated heterocycles. The third kappa shape index (κ3) is 3.76. The van der Waals surface area contributed by atoms with E-state index in [1.165, 1.54) is 0 Å². The summed E-state index contributed by atoms with van der Waals surface area (Å²) in [7, 11) is -6.73. The lowest BCUT2D eigenvalue weighted by atomic mass is 10.1. The maximum Gasteiger partial charge on any atom is 0.173 e. The second kappa shape index (κ2) is 9.96. The molecule has 2 aliphatic rings. The van der Waals surface area contributed by atoms with Gasteiger partial charge in [-0.05, 0) is 47.5 Å². The molecule has 0 fully saturated rings. The summed E-state index contributed by atoms with van der Waals surface area (Å²) in [6, 6.07) is 53.9. The lowest BCUT2D eigenvalue weighted by Crippen LogP contribution is -2.22. The Morgan fingerprint density at radius 3 is 1.33 bits per heavy atom. The Balaban J connectivity index is 1.44. The molecule has 0 radical (unpaired) electrons. The van der Waals surface area contributed by atoms with Crippen LogP contribution in [0.1, 0.15) is 11.1 Å². The molecule has 2 aliphatic heterocycles. The molecule has 0 N–H and O–H groups in total. The molecular formula is C38H27NO2P2. The van der Waals surface area contributed by atoms with Gasteiger partial charge in [0.15, 0.2) is 14.3 Å². The van der Waals surface area contributed by atoms with Gasteiger partial charge in [0.05, 0.1) is 0 Å². The van der Waals surface area contributed by atoms with Gasteiger partial charge in [-0.2, -0.15) is 0 Å². The van der Waals surface area contributed by atoms with Crippen LogP contribution in [0, 0.1) is 0 Å². The van der Waals surface area contributed by atoms with Crippen LogP contribution >= 0.6 is 14.3 Å². The zero-order valence-electron chi connectivity index (χ0n) is 23.2. The summed E-state index contributed by atoms with van der Waals surface area (Å²) in [6.45, 7) is 0. The van der Waals surface area contributed by atoms with Crippen molar-refractivity contribution in [3.8, 4) is 0 Å². The predicted molar refractivity (Wildman–Crippen MR) is 181 cm³/mol. The first kappa shape index (κ1) is 26.0. The summed E-state index contributed by atoms with van der Waals surface area (Å²) >= 11 is 0. The van der Waals surface area contributed by atoms with Gasteiger partial charge in [-0.1, -0.05) is 127 Å². The molecule has 2 atom stereocenters. The van der Waals surface area contributed by atoms with Crippen LogP contribution in [0.25, 0.3) is 10.6 Å². The lowest BCUT2D eigenvalue weighted by Gasteiger charge is -2.27. The highest BCUT2D eigenvalue weighted by Crippen LogP contribution is 2.77. The molecule has 0 spiro atoms. The molecule has 206 valence electrons. The largest absolute Gasteiger partial charge is 0.310 e. The Labute approximate surface area is 251 Å². The average Bonchev–Trinajstić information content (AvgIpc) is 3.51. The van der Waals surface area contributed by atoms with E-state index in [4.69, 9.17) is 0 Å². The van der Waals surface area contributed by atoms with Gasteiger partial charge in [-0.3, -0.25) is 0 Å². The minimum atomic E-state index is -3.42. The normalized spacial score (nSPS) is 19.9. The predicted octanol–water partition coefficient (Wildman–Crippen LogP) is 8.64. The Hall–Kier alpha value is -4.68. The first-order valence-electron chi connectivity index (χ1n) is 14.3.